The highest BCUT2D eigenvalue weighted by atomic mass is 16.2. The molecule has 1 N–H and O–H groups in total. The highest BCUT2D eigenvalue weighted by Gasteiger charge is 2.27. The van der Waals surface area contributed by atoms with Crippen LogP contribution in [0.3, 0.4) is 0 Å². The number of rotatable bonds is 7. The fourth-order valence-electron chi connectivity index (χ4n) is 3.34. The van der Waals surface area contributed by atoms with Crippen LogP contribution in [0.2, 0.25) is 0 Å². The summed E-state index contributed by atoms with van der Waals surface area (Å²) in [6, 6.07) is 7.97. The molecule has 0 aliphatic heterocycles. The van der Waals surface area contributed by atoms with E-state index in [0.717, 1.165) is 24.8 Å². The Hall–Kier alpha value is -1.84. The molecule has 0 spiro atoms. The van der Waals surface area contributed by atoms with Crippen molar-refractivity contribution in [2.45, 2.75) is 77.9 Å². The number of carbonyl (C=O) groups is 2. The first-order valence-corrected chi connectivity index (χ1v) is 9.16. The molecule has 0 bridgehead atoms. The van der Waals surface area contributed by atoms with Crippen LogP contribution in [0, 0.1) is 6.92 Å². The van der Waals surface area contributed by atoms with Gasteiger partial charge in [-0.3, -0.25) is 9.59 Å². The van der Waals surface area contributed by atoms with Crippen molar-refractivity contribution in [2.75, 3.05) is 0 Å². The van der Waals surface area contributed by atoms with E-state index < -0.39 is 6.04 Å². The van der Waals surface area contributed by atoms with Crippen LogP contribution in [0.1, 0.15) is 63.5 Å². The normalized spacial score (nSPS) is 16.0. The summed E-state index contributed by atoms with van der Waals surface area (Å²) in [5.41, 5.74) is 2.23. The number of aryl methyl sites for hydroxylation is 1. The van der Waals surface area contributed by atoms with Gasteiger partial charge in [-0.2, -0.15) is 0 Å². The number of carbonyl (C=O) groups excluding carboxylic acids is 2. The van der Waals surface area contributed by atoms with E-state index in [4.69, 9.17) is 0 Å². The molecule has 0 heterocycles. The Labute approximate surface area is 145 Å². The highest BCUT2D eigenvalue weighted by molar-refractivity contribution is 5.87. The molecule has 0 saturated heterocycles. The molecule has 1 aromatic carbocycles. The molecule has 24 heavy (non-hydrogen) atoms. The minimum absolute atomic E-state index is 0.0287. The van der Waals surface area contributed by atoms with Crippen molar-refractivity contribution in [3.05, 3.63) is 35.4 Å². The summed E-state index contributed by atoms with van der Waals surface area (Å²) in [4.78, 5) is 26.9. The standard InChI is InChI=1S/C20H30N2O2/c1-4-8-19(23)22(14-17-10-7-9-15(2)13-17)16(3)20(24)21-18-11-5-6-12-18/h7,9-10,13,16,18H,4-6,8,11-12,14H2,1-3H3,(H,21,24). The van der Waals surface area contributed by atoms with E-state index in [-0.39, 0.29) is 17.9 Å². The second-order valence-electron chi connectivity index (χ2n) is 6.93. The molecule has 4 nitrogen and oxygen atoms in total. The zero-order chi connectivity index (χ0) is 17.5. The zero-order valence-electron chi connectivity index (χ0n) is 15.2. The van der Waals surface area contributed by atoms with Gasteiger partial charge in [0, 0.05) is 19.0 Å². The number of amides is 2. The van der Waals surface area contributed by atoms with Gasteiger partial charge in [-0.25, -0.2) is 0 Å². The maximum atomic E-state index is 12.6. The first-order chi connectivity index (χ1) is 11.5. The van der Waals surface area contributed by atoms with Gasteiger partial charge < -0.3 is 10.2 Å². The van der Waals surface area contributed by atoms with Crippen molar-refractivity contribution >= 4 is 11.8 Å². The topological polar surface area (TPSA) is 49.4 Å². The Morgan fingerprint density at radius 2 is 2.00 bits per heavy atom. The molecule has 1 aliphatic carbocycles. The lowest BCUT2D eigenvalue weighted by Gasteiger charge is -2.29. The molecule has 2 amide bonds. The third-order valence-electron chi connectivity index (χ3n) is 4.77. The lowest BCUT2D eigenvalue weighted by Crippen LogP contribution is -2.49. The van der Waals surface area contributed by atoms with Crippen LogP contribution in [0.4, 0.5) is 0 Å². The van der Waals surface area contributed by atoms with Gasteiger partial charge >= 0.3 is 0 Å². The summed E-state index contributed by atoms with van der Waals surface area (Å²) in [5.74, 6) is 0.0204. The summed E-state index contributed by atoms with van der Waals surface area (Å²) in [6.07, 6.45) is 5.74. The van der Waals surface area contributed by atoms with E-state index in [1.165, 1.54) is 18.4 Å². The Kier molecular flexibility index (Phi) is 6.83. The van der Waals surface area contributed by atoms with Crippen LogP contribution in [-0.4, -0.2) is 28.8 Å². The Balaban J connectivity index is 2.08. The quantitative estimate of drug-likeness (QED) is 0.831. The third-order valence-corrected chi connectivity index (χ3v) is 4.77. The number of hydrogen-bond donors (Lipinski definition) is 1. The molecule has 1 saturated carbocycles. The average molecular weight is 330 g/mol. The smallest absolute Gasteiger partial charge is 0.242 e. The van der Waals surface area contributed by atoms with Crippen molar-refractivity contribution in [1.82, 2.24) is 10.2 Å². The highest BCUT2D eigenvalue weighted by Crippen LogP contribution is 2.19. The lowest BCUT2D eigenvalue weighted by atomic mass is 10.1. The molecule has 1 atom stereocenters. The van der Waals surface area contributed by atoms with E-state index in [2.05, 4.69) is 11.4 Å². The van der Waals surface area contributed by atoms with E-state index >= 15 is 0 Å². The first kappa shape index (κ1) is 18.5. The molecule has 1 aliphatic rings. The molecule has 2 rings (SSSR count). The predicted octanol–water partition coefficient (Wildman–Crippen LogP) is 3.57. The van der Waals surface area contributed by atoms with E-state index in [9.17, 15) is 9.59 Å². The van der Waals surface area contributed by atoms with E-state index in [0.29, 0.717) is 13.0 Å². The number of nitrogens with one attached hydrogen (secondary N) is 1. The summed E-state index contributed by atoms with van der Waals surface area (Å²) < 4.78 is 0. The van der Waals surface area contributed by atoms with Crippen molar-refractivity contribution < 1.29 is 9.59 Å². The van der Waals surface area contributed by atoms with Crippen molar-refractivity contribution in [3.8, 4) is 0 Å². The largest absolute Gasteiger partial charge is 0.352 e. The first-order valence-electron chi connectivity index (χ1n) is 9.16. The van der Waals surface area contributed by atoms with Crippen LogP contribution < -0.4 is 5.32 Å². The van der Waals surface area contributed by atoms with Crippen LogP contribution in [0.5, 0.6) is 0 Å². The van der Waals surface area contributed by atoms with Gasteiger partial charge in [0.1, 0.15) is 6.04 Å². The molecule has 1 unspecified atom stereocenters. The molecule has 4 heteroatoms. The molecule has 132 valence electrons. The minimum Gasteiger partial charge on any atom is -0.352 e. The number of benzene rings is 1. The fraction of sp³-hybridized carbons (Fsp3) is 0.600. The molecule has 1 fully saturated rings. The maximum absolute atomic E-state index is 12.6. The predicted molar refractivity (Wildman–Crippen MR) is 96.5 cm³/mol. The molecule has 0 aromatic heterocycles. The van der Waals surface area contributed by atoms with Gasteiger partial charge in [0.15, 0.2) is 0 Å². The molecular formula is C20H30N2O2. The second kappa shape index (κ2) is 8.86. The summed E-state index contributed by atoms with van der Waals surface area (Å²) in [7, 11) is 0. The van der Waals surface area contributed by atoms with Gasteiger partial charge in [-0.05, 0) is 38.7 Å². The van der Waals surface area contributed by atoms with Crippen molar-refractivity contribution in [1.29, 1.82) is 0 Å². The fourth-order valence-corrected chi connectivity index (χ4v) is 3.34. The van der Waals surface area contributed by atoms with Crippen LogP contribution in [0.15, 0.2) is 24.3 Å². The summed E-state index contributed by atoms with van der Waals surface area (Å²) >= 11 is 0. The Morgan fingerprint density at radius 1 is 1.29 bits per heavy atom. The maximum Gasteiger partial charge on any atom is 0.242 e. The Bertz CT molecular complexity index is 565. The molecule has 0 radical (unpaired) electrons. The number of nitrogens with zero attached hydrogens (tertiary/aromatic N) is 1. The molecule has 1 aromatic rings. The van der Waals surface area contributed by atoms with Gasteiger partial charge in [0.2, 0.25) is 11.8 Å². The monoisotopic (exact) mass is 330 g/mol. The van der Waals surface area contributed by atoms with Gasteiger partial charge in [-0.1, -0.05) is 49.6 Å². The van der Waals surface area contributed by atoms with Gasteiger partial charge in [0.25, 0.3) is 0 Å². The van der Waals surface area contributed by atoms with Gasteiger partial charge in [0.05, 0.1) is 0 Å². The summed E-state index contributed by atoms with van der Waals surface area (Å²) in [5, 5.41) is 3.12. The lowest BCUT2D eigenvalue weighted by molar-refractivity contribution is -0.140. The molecular weight excluding hydrogens is 300 g/mol. The number of hydrogen-bond acceptors (Lipinski definition) is 2. The average Bonchev–Trinajstić information content (AvgIpc) is 3.05. The van der Waals surface area contributed by atoms with Crippen LogP contribution >= 0.6 is 0 Å². The summed E-state index contributed by atoms with van der Waals surface area (Å²) in [6.45, 7) is 6.36. The van der Waals surface area contributed by atoms with Crippen LogP contribution in [0.25, 0.3) is 0 Å². The van der Waals surface area contributed by atoms with E-state index in [1.807, 2.05) is 39.0 Å². The van der Waals surface area contributed by atoms with Crippen molar-refractivity contribution in [2.24, 2.45) is 0 Å². The Morgan fingerprint density at radius 3 is 2.62 bits per heavy atom. The zero-order valence-corrected chi connectivity index (χ0v) is 15.2. The van der Waals surface area contributed by atoms with E-state index in [1.54, 1.807) is 4.90 Å². The van der Waals surface area contributed by atoms with Crippen molar-refractivity contribution in [3.63, 3.8) is 0 Å². The SMILES string of the molecule is CCCC(=O)N(Cc1cccc(C)c1)C(C)C(=O)NC1CCCC1. The van der Waals surface area contributed by atoms with Gasteiger partial charge in [-0.15, -0.1) is 0 Å². The second-order valence-corrected chi connectivity index (χ2v) is 6.93. The third kappa shape index (κ3) is 5.08. The minimum atomic E-state index is -0.440. The van der Waals surface area contributed by atoms with Crippen LogP contribution in [-0.2, 0) is 16.1 Å².